The molecule has 4 nitrogen and oxygen atoms in total. The van der Waals surface area contributed by atoms with E-state index in [0.717, 1.165) is 15.2 Å². The van der Waals surface area contributed by atoms with Crippen LogP contribution >= 0.6 is 22.6 Å². The summed E-state index contributed by atoms with van der Waals surface area (Å²) in [6, 6.07) is 5.51. The van der Waals surface area contributed by atoms with E-state index in [-0.39, 0.29) is 11.3 Å². The first-order valence-corrected chi connectivity index (χ1v) is 7.30. The number of nitrogens with zero attached hydrogens (tertiary/aromatic N) is 2. The van der Waals surface area contributed by atoms with Gasteiger partial charge in [0, 0.05) is 11.8 Å². The van der Waals surface area contributed by atoms with Gasteiger partial charge in [-0.1, -0.05) is 0 Å². The molecule has 0 aliphatic heterocycles. The lowest BCUT2D eigenvalue weighted by molar-refractivity contribution is -0.127. The average molecular weight is 419 g/mol. The number of fused-ring (bicyclic) bond motifs is 1. The number of alkyl halides is 3. The molecule has 0 bridgehead atoms. The molecule has 0 radical (unpaired) electrons. The summed E-state index contributed by atoms with van der Waals surface area (Å²) in [5.41, 5.74) is 1.31. The van der Waals surface area contributed by atoms with Crippen LogP contribution in [0.2, 0.25) is 0 Å². The van der Waals surface area contributed by atoms with Crippen molar-refractivity contribution in [2.24, 2.45) is 0 Å². The lowest BCUT2D eigenvalue weighted by Gasteiger charge is -2.12. The first-order chi connectivity index (χ1) is 10.3. The third kappa shape index (κ3) is 3.01. The van der Waals surface area contributed by atoms with Gasteiger partial charge in [-0.2, -0.15) is 18.3 Å². The second-order valence-electron chi connectivity index (χ2n) is 4.76. The molecular weight excluding hydrogens is 410 g/mol. The van der Waals surface area contributed by atoms with Crippen molar-refractivity contribution < 1.29 is 18.3 Å². The Morgan fingerprint density at radius 1 is 1.23 bits per heavy atom. The van der Waals surface area contributed by atoms with Gasteiger partial charge in [-0.15, -0.1) is 0 Å². The van der Waals surface area contributed by atoms with Crippen molar-refractivity contribution >= 4 is 33.5 Å². The lowest BCUT2D eigenvalue weighted by atomic mass is 10.0. The minimum atomic E-state index is -4.37. The molecule has 2 aromatic heterocycles. The molecule has 0 spiro atoms. The monoisotopic (exact) mass is 419 g/mol. The molecule has 0 amide bonds. The summed E-state index contributed by atoms with van der Waals surface area (Å²) in [5.74, 6) is -0.210. The Balaban J connectivity index is 2.12. The normalized spacial score (nSPS) is 12.0. The molecule has 0 saturated carbocycles. The number of phenols is 1. The van der Waals surface area contributed by atoms with Crippen LogP contribution in [-0.2, 0) is 6.42 Å². The second-order valence-corrected chi connectivity index (χ2v) is 5.84. The summed E-state index contributed by atoms with van der Waals surface area (Å²) >= 11 is 2.07. The van der Waals surface area contributed by atoms with Gasteiger partial charge in [0.05, 0.1) is 23.0 Å². The average Bonchev–Trinajstić information content (AvgIpc) is 2.78. The van der Waals surface area contributed by atoms with Crippen molar-refractivity contribution in [1.29, 1.82) is 0 Å². The first kappa shape index (κ1) is 15.1. The Morgan fingerprint density at radius 2 is 2.00 bits per heavy atom. The summed E-state index contributed by atoms with van der Waals surface area (Å²) in [7, 11) is 0. The molecule has 8 heteroatoms. The highest BCUT2D eigenvalue weighted by molar-refractivity contribution is 14.1. The predicted octanol–water partition coefficient (Wildman–Crippen LogP) is 4.04. The van der Waals surface area contributed by atoms with Gasteiger partial charge in [0.1, 0.15) is 9.45 Å². The van der Waals surface area contributed by atoms with E-state index in [1.165, 1.54) is 12.1 Å². The van der Waals surface area contributed by atoms with Gasteiger partial charge in [0.15, 0.2) is 0 Å². The Kier molecular flexibility index (Phi) is 3.71. The van der Waals surface area contributed by atoms with Crippen LogP contribution in [0.5, 0.6) is 5.75 Å². The quantitative estimate of drug-likeness (QED) is 0.617. The van der Waals surface area contributed by atoms with E-state index in [2.05, 4.69) is 37.8 Å². The van der Waals surface area contributed by atoms with Crippen LogP contribution < -0.4 is 0 Å². The lowest BCUT2D eigenvalue weighted by Crippen LogP contribution is -2.12. The van der Waals surface area contributed by atoms with E-state index in [1.54, 1.807) is 12.3 Å². The van der Waals surface area contributed by atoms with Crippen LogP contribution in [0.15, 0.2) is 30.5 Å². The Bertz CT molecular complexity index is 845. The maximum absolute atomic E-state index is 12.7. The molecule has 0 saturated heterocycles. The first-order valence-electron chi connectivity index (χ1n) is 6.22. The molecule has 0 aliphatic rings. The van der Waals surface area contributed by atoms with E-state index in [1.807, 2.05) is 0 Å². The zero-order valence-corrected chi connectivity index (χ0v) is 13.1. The van der Waals surface area contributed by atoms with Crippen LogP contribution in [0.25, 0.3) is 22.2 Å². The topological polar surface area (TPSA) is 61.8 Å². The van der Waals surface area contributed by atoms with Crippen molar-refractivity contribution in [3.63, 3.8) is 0 Å². The molecule has 1 aromatic carbocycles. The van der Waals surface area contributed by atoms with Crippen LogP contribution in [0, 0.1) is 3.70 Å². The number of pyridine rings is 1. The molecule has 0 unspecified atom stereocenters. The molecular formula is C14H9F3IN3O. The van der Waals surface area contributed by atoms with Crippen molar-refractivity contribution in [3.8, 4) is 17.0 Å². The van der Waals surface area contributed by atoms with E-state index in [9.17, 15) is 18.3 Å². The van der Waals surface area contributed by atoms with Gasteiger partial charge in [-0.3, -0.25) is 10.1 Å². The fourth-order valence-corrected chi connectivity index (χ4v) is 2.75. The molecule has 3 aromatic rings. The second kappa shape index (κ2) is 5.41. The summed E-state index contributed by atoms with van der Waals surface area (Å²) in [6.45, 7) is 0. The SMILES string of the molecule is Oc1ccc(-c2cc3n[nH]c(I)c3cn2)c(CC(F)(F)F)c1. The molecule has 2 N–H and O–H groups in total. The maximum atomic E-state index is 12.7. The maximum Gasteiger partial charge on any atom is 0.393 e. The van der Waals surface area contributed by atoms with Gasteiger partial charge in [-0.05, 0) is 52.4 Å². The third-order valence-corrected chi connectivity index (χ3v) is 3.97. The Labute approximate surface area is 136 Å². The van der Waals surface area contributed by atoms with Gasteiger partial charge < -0.3 is 5.11 Å². The van der Waals surface area contributed by atoms with Gasteiger partial charge >= 0.3 is 6.18 Å². The van der Waals surface area contributed by atoms with Crippen LogP contribution in [0.3, 0.4) is 0 Å². The Morgan fingerprint density at radius 3 is 2.73 bits per heavy atom. The highest BCUT2D eigenvalue weighted by Gasteiger charge is 2.29. The van der Waals surface area contributed by atoms with E-state index >= 15 is 0 Å². The summed E-state index contributed by atoms with van der Waals surface area (Å²) < 4.78 is 38.9. The zero-order valence-electron chi connectivity index (χ0n) is 10.9. The summed E-state index contributed by atoms with van der Waals surface area (Å²) in [4.78, 5) is 4.22. The van der Waals surface area contributed by atoms with Gasteiger partial charge in [0.2, 0.25) is 0 Å². The number of H-pyrrole nitrogens is 1. The molecule has 0 aliphatic carbocycles. The molecule has 2 heterocycles. The number of hydrogen-bond donors (Lipinski definition) is 2. The van der Waals surface area contributed by atoms with Crippen molar-refractivity contribution in [3.05, 3.63) is 39.7 Å². The largest absolute Gasteiger partial charge is 0.508 e. The summed E-state index contributed by atoms with van der Waals surface area (Å²) in [5, 5.41) is 17.1. The number of rotatable bonds is 2. The smallest absolute Gasteiger partial charge is 0.393 e. The van der Waals surface area contributed by atoms with E-state index < -0.39 is 12.6 Å². The number of phenolic OH excluding ortho intramolecular Hbond substituents is 1. The predicted molar refractivity (Wildman–Crippen MR) is 83.5 cm³/mol. The van der Waals surface area contributed by atoms with Crippen LogP contribution in [0.4, 0.5) is 13.2 Å². The number of halogens is 4. The van der Waals surface area contributed by atoms with E-state index in [4.69, 9.17) is 0 Å². The number of hydrogen-bond acceptors (Lipinski definition) is 3. The molecule has 114 valence electrons. The molecule has 22 heavy (non-hydrogen) atoms. The third-order valence-electron chi connectivity index (χ3n) is 3.15. The number of aromatic amines is 1. The van der Waals surface area contributed by atoms with Crippen LogP contribution in [-0.4, -0.2) is 26.5 Å². The molecule has 0 fully saturated rings. The molecule has 3 rings (SSSR count). The number of aromatic nitrogens is 3. The van der Waals surface area contributed by atoms with Crippen LogP contribution in [0.1, 0.15) is 5.56 Å². The molecule has 0 atom stereocenters. The van der Waals surface area contributed by atoms with Gasteiger partial charge in [-0.25, -0.2) is 0 Å². The van der Waals surface area contributed by atoms with Gasteiger partial charge in [0.25, 0.3) is 0 Å². The van der Waals surface area contributed by atoms with E-state index in [0.29, 0.717) is 16.8 Å². The summed E-state index contributed by atoms with van der Waals surface area (Å²) in [6.07, 6.45) is -3.93. The number of benzene rings is 1. The number of aromatic hydroxyl groups is 1. The fourth-order valence-electron chi connectivity index (χ4n) is 2.22. The fraction of sp³-hybridized carbons (Fsp3) is 0.143. The van der Waals surface area contributed by atoms with Crippen molar-refractivity contribution in [1.82, 2.24) is 15.2 Å². The highest BCUT2D eigenvalue weighted by atomic mass is 127. The zero-order chi connectivity index (χ0) is 15.9. The minimum absolute atomic E-state index is 0.0235. The Hall–Kier alpha value is -1.84. The highest BCUT2D eigenvalue weighted by Crippen LogP contribution is 2.32. The minimum Gasteiger partial charge on any atom is -0.508 e. The van der Waals surface area contributed by atoms with Crippen molar-refractivity contribution in [2.45, 2.75) is 12.6 Å². The van der Waals surface area contributed by atoms with Crippen molar-refractivity contribution in [2.75, 3.05) is 0 Å². The number of nitrogens with one attached hydrogen (secondary N) is 1. The standard InChI is InChI=1S/C14H9F3IN3O/c15-14(16,17)5-7-3-8(22)1-2-9(7)11-4-12-10(6-19-11)13(18)21-20-12/h1-4,6,22H,5H2,(H,20,21).